The van der Waals surface area contributed by atoms with Gasteiger partial charge in [-0.2, -0.15) is 13.2 Å². The molecule has 4 nitrogen and oxygen atoms in total. The minimum absolute atomic E-state index is 0.176. The number of nitrogens with zero attached hydrogens (tertiary/aromatic N) is 1. The summed E-state index contributed by atoms with van der Waals surface area (Å²) in [6.45, 7) is 11.8. The van der Waals surface area contributed by atoms with E-state index >= 15 is 0 Å². The van der Waals surface area contributed by atoms with Crippen molar-refractivity contribution in [2.75, 3.05) is 0 Å². The highest BCUT2D eigenvalue weighted by atomic mass is 79.9. The Morgan fingerprint density at radius 1 is 1.25 bits per heavy atom. The maximum atomic E-state index is 13.8. The molecule has 162 valence electrons. The van der Waals surface area contributed by atoms with E-state index in [1.54, 1.807) is 46.5 Å². The van der Waals surface area contributed by atoms with Crippen LogP contribution in [0.3, 0.4) is 0 Å². The Morgan fingerprint density at radius 3 is 2.21 bits per heavy atom. The van der Waals surface area contributed by atoms with E-state index in [1.807, 2.05) is 0 Å². The van der Waals surface area contributed by atoms with Crippen LogP contribution < -0.4 is 4.72 Å². The van der Waals surface area contributed by atoms with E-state index < -0.39 is 48.7 Å². The fourth-order valence-corrected chi connectivity index (χ4v) is 4.96. The van der Waals surface area contributed by atoms with Gasteiger partial charge >= 0.3 is 6.18 Å². The Morgan fingerprint density at radius 2 is 1.79 bits per heavy atom. The summed E-state index contributed by atoms with van der Waals surface area (Å²) in [7, 11) is -2.52. The molecule has 28 heavy (non-hydrogen) atoms. The van der Waals surface area contributed by atoms with Gasteiger partial charge in [0.2, 0.25) is 0 Å². The lowest BCUT2D eigenvalue weighted by Crippen LogP contribution is -2.54. The van der Waals surface area contributed by atoms with Crippen LogP contribution in [0.25, 0.3) is 0 Å². The van der Waals surface area contributed by atoms with Crippen LogP contribution in [0.4, 0.5) is 13.2 Å². The first-order chi connectivity index (χ1) is 12.3. The molecule has 1 unspecified atom stereocenters. The minimum atomic E-state index is -4.59. The van der Waals surface area contributed by atoms with Crippen LogP contribution in [-0.2, 0) is 21.3 Å². The van der Waals surface area contributed by atoms with Gasteiger partial charge in [0.25, 0.3) is 0 Å². The highest BCUT2D eigenvalue weighted by Gasteiger charge is 2.50. The molecule has 0 saturated carbocycles. The lowest BCUT2D eigenvalue weighted by molar-refractivity contribution is -0.203. The SMILES string of the molecule is CC(C)(C)[S+]([O-])N[C@@](C)(C[C@H](O[Si](C)(C)C)C(F)(F)F)c1nc(Br)ccc1Cl. The first-order valence-electron chi connectivity index (χ1n) is 8.62. The van der Waals surface area contributed by atoms with Gasteiger partial charge in [0.05, 0.1) is 10.7 Å². The van der Waals surface area contributed by atoms with Crippen LogP contribution in [0.5, 0.6) is 0 Å². The second-order valence-corrected chi connectivity index (χ2v) is 16.4. The molecule has 0 fully saturated rings. The monoisotopic (exact) mass is 522 g/mol. The second-order valence-electron chi connectivity index (χ2n) is 8.74. The van der Waals surface area contributed by atoms with Gasteiger partial charge in [-0.15, -0.1) is 4.72 Å². The quantitative estimate of drug-likeness (QED) is 0.273. The Bertz CT molecular complexity index is 686. The molecule has 0 aliphatic carbocycles. The molecule has 11 heteroatoms. The van der Waals surface area contributed by atoms with E-state index in [0.29, 0.717) is 4.60 Å². The number of alkyl halides is 3. The molecule has 0 amide bonds. The number of rotatable bonds is 7. The third-order valence-corrected chi connectivity index (χ3v) is 7.15. The molecule has 1 aromatic rings. The Kier molecular flexibility index (Phi) is 8.52. The van der Waals surface area contributed by atoms with Crippen LogP contribution in [0.15, 0.2) is 16.7 Å². The van der Waals surface area contributed by atoms with E-state index in [1.165, 1.54) is 13.0 Å². The van der Waals surface area contributed by atoms with Crippen LogP contribution in [0.1, 0.15) is 39.8 Å². The van der Waals surface area contributed by atoms with Crippen molar-refractivity contribution in [1.29, 1.82) is 0 Å². The van der Waals surface area contributed by atoms with Gasteiger partial charge in [-0.05, 0) is 75.4 Å². The Hall–Kier alpha value is 0.157. The topological polar surface area (TPSA) is 57.2 Å². The molecule has 1 heterocycles. The molecular weight excluding hydrogens is 497 g/mol. The summed E-state index contributed by atoms with van der Waals surface area (Å²) in [6, 6.07) is 3.13. The van der Waals surface area contributed by atoms with Crippen LogP contribution in [0, 0.1) is 0 Å². The van der Waals surface area contributed by atoms with Gasteiger partial charge in [-0.25, -0.2) is 4.98 Å². The molecule has 0 bridgehead atoms. The molecule has 0 spiro atoms. The van der Waals surface area contributed by atoms with Gasteiger partial charge in [-0.1, -0.05) is 11.6 Å². The molecule has 1 aromatic heterocycles. The summed E-state index contributed by atoms with van der Waals surface area (Å²) < 4.78 is 62.1. The van der Waals surface area contributed by atoms with Crippen molar-refractivity contribution < 1.29 is 22.2 Å². The lowest BCUT2D eigenvalue weighted by Gasteiger charge is -2.38. The average Bonchev–Trinajstić information content (AvgIpc) is 2.45. The van der Waals surface area contributed by atoms with E-state index in [4.69, 9.17) is 16.0 Å². The number of halogens is 5. The number of pyridine rings is 1. The molecule has 1 rings (SSSR count). The fourth-order valence-electron chi connectivity index (χ4n) is 2.37. The van der Waals surface area contributed by atoms with Gasteiger partial charge in [0, 0.05) is 17.8 Å². The summed E-state index contributed by atoms with van der Waals surface area (Å²) >= 11 is 7.84. The van der Waals surface area contributed by atoms with Crippen molar-refractivity contribution in [2.24, 2.45) is 0 Å². The molecule has 3 atom stereocenters. The summed E-state index contributed by atoms with van der Waals surface area (Å²) in [5.74, 6) is 0. The third kappa shape index (κ3) is 7.77. The van der Waals surface area contributed by atoms with Crippen molar-refractivity contribution >= 4 is 47.2 Å². The standard InChI is InChI=1S/C17H27BrClF3N2O2SSi/c1-15(2,3)27(25)24-16(4,14-11(19)8-9-13(18)23-14)10-12(17(20,21)22)26-28(5,6)7/h8-9,12,24H,10H2,1-7H3/t12-,16-,27?/m0/s1. The minimum Gasteiger partial charge on any atom is -0.598 e. The number of hydrogen-bond acceptors (Lipinski definition) is 4. The van der Waals surface area contributed by atoms with E-state index in [9.17, 15) is 17.7 Å². The van der Waals surface area contributed by atoms with Crippen molar-refractivity contribution in [3.05, 3.63) is 27.5 Å². The van der Waals surface area contributed by atoms with Gasteiger partial charge in [-0.3, -0.25) is 0 Å². The van der Waals surface area contributed by atoms with Crippen LogP contribution >= 0.6 is 27.5 Å². The van der Waals surface area contributed by atoms with Gasteiger partial charge < -0.3 is 8.98 Å². The van der Waals surface area contributed by atoms with Crippen LogP contribution in [0.2, 0.25) is 24.7 Å². The molecule has 0 aromatic carbocycles. The van der Waals surface area contributed by atoms with Gasteiger partial charge in [0.15, 0.2) is 8.32 Å². The normalized spacial score (nSPS) is 17.9. The van der Waals surface area contributed by atoms with Crippen LogP contribution in [-0.4, -0.2) is 34.9 Å². The highest BCUT2D eigenvalue weighted by molar-refractivity contribution is 9.10. The second kappa shape index (κ2) is 9.11. The number of aromatic nitrogens is 1. The maximum Gasteiger partial charge on any atom is 0.413 e. The van der Waals surface area contributed by atoms with E-state index in [2.05, 4.69) is 25.6 Å². The Balaban J connectivity index is 3.46. The predicted octanol–water partition coefficient (Wildman–Crippen LogP) is 5.94. The summed E-state index contributed by atoms with van der Waals surface area (Å²) in [5.41, 5.74) is -1.27. The zero-order valence-corrected chi connectivity index (χ0v) is 21.2. The summed E-state index contributed by atoms with van der Waals surface area (Å²) in [5, 5.41) is 0.179. The van der Waals surface area contributed by atoms with Crippen molar-refractivity contribution in [3.63, 3.8) is 0 Å². The summed E-state index contributed by atoms with van der Waals surface area (Å²) in [6.07, 6.45) is -7.16. The Labute approximate surface area is 182 Å². The molecule has 0 radical (unpaired) electrons. The van der Waals surface area contributed by atoms with E-state index in [-0.39, 0.29) is 10.7 Å². The van der Waals surface area contributed by atoms with Crippen molar-refractivity contribution in [3.8, 4) is 0 Å². The zero-order chi connectivity index (χ0) is 22.1. The third-order valence-electron chi connectivity index (χ3n) is 3.66. The smallest absolute Gasteiger partial charge is 0.413 e. The zero-order valence-electron chi connectivity index (χ0n) is 17.0. The number of hydrogen-bond donors (Lipinski definition) is 1. The predicted molar refractivity (Wildman–Crippen MR) is 114 cm³/mol. The van der Waals surface area contributed by atoms with Crippen molar-refractivity contribution in [1.82, 2.24) is 9.71 Å². The molecule has 1 N–H and O–H groups in total. The molecule has 0 aliphatic heterocycles. The average molecular weight is 524 g/mol. The lowest BCUT2D eigenvalue weighted by atomic mass is 9.91. The van der Waals surface area contributed by atoms with E-state index in [0.717, 1.165) is 0 Å². The summed E-state index contributed by atoms with van der Waals surface area (Å²) in [4.78, 5) is 4.29. The van der Waals surface area contributed by atoms with Gasteiger partial charge in [0.1, 0.15) is 21.0 Å². The molecule has 0 saturated heterocycles. The molecule has 0 aliphatic rings. The first kappa shape index (κ1) is 26.2. The maximum absolute atomic E-state index is 13.8. The number of nitrogens with one attached hydrogen (secondary N) is 1. The fraction of sp³-hybridized carbons (Fsp3) is 0.706. The van der Waals surface area contributed by atoms with Crippen molar-refractivity contribution in [2.45, 2.75) is 76.3 Å². The first-order valence-corrected chi connectivity index (χ1v) is 14.3. The molecular formula is C17H27BrClF3N2O2SSi. The largest absolute Gasteiger partial charge is 0.598 e. The highest BCUT2D eigenvalue weighted by Crippen LogP contribution is 2.39.